The molecule has 0 radical (unpaired) electrons. The van der Waals surface area contributed by atoms with Crippen LogP contribution in [-0.2, 0) is 0 Å². The van der Waals surface area contributed by atoms with Gasteiger partial charge in [-0.15, -0.1) is 11.8 Å². The van der Waals surface area contributed by atoms with Crippen molar-refractivity contribution in [3.05, 3.63) is 24.5 Å². The molecule has 56 valence electrons. The molecule has 0 saturated heterocycles. The van der Waals surface area contributed by atoms with E-state index >= 15 is 0 Å². The molecular formula is C8H6INS. The Morgan fingerprint density at radius 3 is 2.82 bits per heavy atom. The highest BCUT2D eigenvalue weighted by molar-refractivity contribution is 14.1. The van der Waals surface area contributed by atoms with Gasteiger partial charge in [-0.3, -0.25) is 4.98 Å². The van der Waals surface area contributed by atoms with Crippen molar-refractivity contribution in [2.45, 2.75) is 4.90 Å². The molecule has 0 unspecified atom stereocenters. The van der Waals surface area contributed by atoms with Crippen LogP contribution in [0.3, 0.4) is 0 Å². The van der Waals surface area contributed by atoms with Gasteiger partial charge in [0.05, 0.1) is 5.75 Å². The lowest BCUT2D eigenvalue weighted by molar-refractivity contribution is 1.26. The van der Waals surface area contributed by atoms with Crippen molar-refractivity contribution in [3.63, 3.8) is 0 Å². The highest BCUT2D eigenvalue weighted by atomic mass is 127. The van der Waals surface area contributed by atoms with Crippen molar-refractivity contribution in [1.29, 1.82) is 0 Å². The molecule has 0 aromatic carbocycles. The van der Waals surface area contributed by atoms with Crippen LogP contribution >= 0.6 is 34.4 Å². The fourth-order valence-electron chi connectivity index (χ4n) is 0.581. The van der Waals surface area contributed by atoms with Crippen molar-refractivity contribution in [2.24, 2.45) is 0 Å². The Morgan fingerprint density at radius 1 is 1.45 bits per heavy atom. The van der Waals surface area contributed by atoms with E-state index in [1.54, 1.807) is 24.2 Å². The van der Waals surface area contributed by atoms with Crippen LogP contribution in [0.25, 0.3) is 0 Å². The molecule has 11 heavy (non-hydrogen) atoms. The van der Waals surface area contributed by atoms with E-state index in [1.165, 1.54) is 4.90 Å². The molecule has 1 nitrogen and oxygen atoms in total. The molecule has 1 heterocycles. The number of hydrogen-bond acceptors (Lipinski definition) is 2. The lowest BCUT2D eigenvalue weighted by atomic mass is 10.5. The number of nitrogens with zero attached hydrogens (tertiary/aromatic N) is 1. The molecule has 0 saturated carbocycles. The molecule has 0 aliphatic heterocycles. The normalized spacial score (nSPS) is 8.45. The van der Waals surface area contributed by atoms with Crippen molar-refractivity contribution in [2.75, 3.05) is 5.75 Å². The Kier molecular flexibility index (Phi) is 4.39. The van der Waals surface area contributed by atoms with Crippen LogP contribution < -0.4 is 0 Å². The molecule has 1 aromatic heterocycles. The maximum Gasteiger partial charge on any atom is 0.0602 e. The Labute approximate surface area is 84.1 Å². The second-order valence-corrected chi connectivity index (χ2v) is 3.33. The fourth-order valence-corrected chi connectivity index (χ4v) is 1.66. The second kappa shape index (κ2) is 5.44. The third kappa shape index (κ3) is 3.63. The van der Waals surface area contributed by atoms with Crippen LogP contribution in [0.15, 0.2) is 29.4 Å². The van der Waals surface area contributed by atoms with Gasteiger partial charge in [0.15, 0.2) is 0 Å². The Hall–Kier alpha value is -0.210. The maximum atomic E-state index is 3.92. The van der Waals surface area contributed by atoms with Crippen LogP contribution in [0.4, 0.5) is 0 Å². The standard InChI is InChI=1S/C8H6INS/c9-4-1-7-11-8-2-5-10-6-3-8/h2-3,5-6H,7H2. The van der Waals surface area contributed by atoms with Gasteiger partial charge in [-0.25, -0.2) is 0 Å². The monoisotopic (exact) mass is 275 g/mol. The van der Waals surface area contributed by atoms with Gasteiger partial charge in [0.1, 0.15) is 0 Å². The summed E-state index contributed by atoms with van der Waals surface area (Å²) in [6.07, 6.45) is 3.58. The Bertz CT molecular complexity index is 262. The third-order valence-electron chi connectivity index (χ3n) is 1.03. The molecular weight excluding hydrogens is 269 g/mol. The Balaban J connectivity index is 2.43. The van der Waals surface area contributed by atoms with E-state index < -0.39 is 0 Å². The summed E-state index contributed by atoms with van der Waals surface area (Å²) in [6, 6.07) is 3.97. The summed E-state index contributed by atoms with van der Waals surface area (Å²) in [5, 5.41) is 0. The van der Waals surface area contributed by atoms with Crippen molar-refractivity contribution < 1.29 is 0 Å². The molecule has 0 atom stereocenters. The zero-order valence-electron chi connectivity index (χ0n) is 5.75. The van der Waals surface area contributed by atoms with E-state index in [0.717, 1.165) is 5.75 Å². The van der Waals surface area contributed by atoms with E-state index in [1.807, 2.05) is 34.7 Å². The van der Waals surface area contributed by atoms with Gasteiger partial charge < -0.3 is 0 Å². The largest absolute Gasteiger partial charge is 0.265 e. The molecule has 0 bridgehead atoms. The number of aromatic nitrogens is 1. The van der Waals surface area contributed by atoms with Gasteiger partial charge in [0, 0.05) is 39.9 Å². The zero-order chi connectivity index (χ0) is 7.94. The average Bonchev–Trinajstić information content (AvgIpc) is 2.07. The first kappa shape index (κ1) is 8.88. The molecule has 0 amide bonds. The third-order valence-corrected chi connectivity index (χ3v) is 2.30. The maximum absolute atomic E-state index is 3.92. The fraction of sp³-hybridized carbons (Fsp3) is 0.125. The summed E-state index contributed by atoms with van der Waals surface area (Å²) >= 11 is 3.77. The van der Waals surface area contributed by atoms with Gasteiger partial charge in [-0.2, -0.15) is 0 Å². The van der Waals surface area contributed by atoms with Crippen molar-refractivity contribution >= 4 is 34.4 Å². The van der Waals surface area contributed by atoms with E-state index in [2.05, 4.69) is 14.8 Å². The lowest BCUT2D eigenvalue weighted by Crippen LogP contribution is -1.74. The summed E-state index contributed by atoms with van der Waals surface area (Å²) in [5.41, 5.74) is 0. The van der Waals surface area contributed by atoms with Crippen LogP contribution in [0.2, 0.25) is 0 Å². The van der Waals surface area contributed by atoms with Gasteiger partial charge in [0.2, 0.25) is 0 Å². The minimum atomic E-state index is 0.854. The van der Waals surface area contributed by atoms with Gasteiger partial charge in [-0.1, -0.05) is 5.92 Å². The SMILES string of the molecule is IC#CCSc1ccncc1. The first-order valence-electron chi connectivity index (χ1n) is 3.05. The van der Waals surface area contributed by atoms with Crippen molar-refractivity contribution in [1.82, 2.24) is 4.98 Å². The first-order valence-corrected chi connectivity index (χ1v) is 5.11. The van der Waals surface area contributed by atoms with Gasteiger partial charge in [-0.05, 0) is 16.1 Å². The van der Waals surface area contributed by atoms with Crippen LogP contribution in [0.1, 0.15) is 0 Å². The number of pyridine rings is 1. The molecule has 0 N–H and O–H groups in total. The van der Waals surface area contributed by atoms with E-state index in [0.29, 0.717) is 0 Å². The lowest BCUT2D eigenvalue weighted by Gasteiger charge is -1.93. The number of thioether (sulfide) groups is 1. The minimum absolute atomic E-state index is 0.854. The smallest absolute Gasteiger partial charge is 0.0602 e. The average molecular weight is 275 g/mol. The van der Waals surface area contributed by atoms with Crippen LogP contribution in [0, 0.1) is 9.85 Å². The summed E-state index contributed by atoms with van der Waals surface area (Å²) in [5.74, 6) is 3.83. The molecule has 1 aromatic rings. The van der Waals surface area contributed by atoms with Crippen LogP contribution in [0.5, 0.6) is 0 Å². The molecule has 3 heteroatoms. The second-order valence-electron chi connectivity index (χ2n) is 1.74. The molecule has 0 fully saturated rings. The summed E-state index contributed by atoms with van der Waals surface area (Å²) in [6.45, 7) is 0. The quantitative estimate of drug-likeness (QED) is 0.467. The van der Waals surface area contributed by atoms with E-state index in [9.17, 15) is 0 Å². The summed E-state index contributed by atoms with van der Waals surface area (Å²) < 4.78 is 2.82. The predicted octanol–water partition coefficient (Wildman–Crippen LogP) is 2.57. The molecule has 0 aliphatic carbocycles. The van der Waals surface area contributed by atoms with Crippen molar-refractivity contribution in [3.8, 4) is 9.85 Å². The summed E-state index contributed by atoms with van der Waals surface area (Å²) in [4.78, 5) is 5.14. The first-order chi connectivity index (χ1) is 5.43. The number of halogens is 1. The van der Waals surface area contributed by atoms with E-state index in [4.69, 9.17) is 0 Å². The Morgan fingerprint density at radius 2 is 2.18 bits per heavy atom. The highest BCUT2D eigenvalue weighted by Crippen LogP contribution is 2.14. The minimum Gasteiger partial charge on any atom is -0.265 e. The summed E-state index contributed by atoms with van der Waals surface area (Å²) in [7, 11) is 0. The number of hydrogen-bond donors (Lipinski definition) is 0. The van der Waals surface area contributed by atoms with Gasteiger partial charge >= 0.3 is 0 Å². The molecule has 0 spiro atoms. The zero-order valence-corrected chi connectivity index (χ0v) is 8.72. The van der Waals surface area contributed by atoms with E-state index in [-0.39, 0.29) is 0 Å². The molecule has 1 rings (SSSR count). The number of rotatable bonds is 2. The topological polar surface area (TPSA) is 12.9 Å². The van der Waals surface area contributed by atoms with Gasteiger partial charge in [0.25, 0.3) is 0 Å². The highest BCUT2D eigenvalue weighted by Gasteiger charge is 1.87. The predicted molar refractivity (Wildman–Crippen MR) is 56.8 cm³/mol. The van der Waals surface area contributed by atoms with Crippen LogP contribution in [-0.4, -0.2) is 10.7 Å². The molecule has 0 aliphatic rings.